The third kappa shape index (κ3) is 4.52. The average molecular weight is 209 g/mol. The lowest BCUT2D eigenvalue weighted by atomic mass is 9.86. The molecule has 1 N–H and O–H groups in total. The van der Waals surface area contributed by atoms with Gasteiger partial charge in [-0.05, 0) is 30.9 Å². The van der Waals surface area contributed by atoms with Crippen molar-refractivity contribution in [2.45, 2.75) is 46.6 Å². The summed E-state index contributed by atoms with van der Waals surface area (Å²) in [5, 5.41) is 3.57. The van der Waals surface area contributed by atoms with Crippen LogP contribution in [-0.4, -0.2) is 6.54 Å². The highest BCUT2D eigenvalue weighted by molar-refractivity contribution is 5.12. The highest BCUT2D eigenvalue weighted by Crippen LogP contribution is 2.29. The standard InChI is InChI=1S/C13H23NO/c1-5-7-14-12(9-13(2,3)4)11-6-8-15-10-11/h6,8,10,12,14H,5,7,9H2,1-4H3. The number of nitrogens with one attached hydrogen (secondary N) is 1. The van der Waals surface area contributed by atoms with E-state index in [1.54, 1.807) is 6.26 Å². The molecule has 0 saturated heterocycles. The van der Waals surface area contributed by atoms with Crippen molar-refractivity contribution in [2.75, 3.05) is 6.54 Å². The molecule has 0 radical (unpaired) electrons. The molecule has 2 nitrogen and oxygen atoms in total. The van der Waals surface area contributed by atoms with E-state index < -0.39 is 0 Å². The van der Waals surface area contributed by atoms with Crippen LogP contribution in [0, 0.1) is 5.41 Å². The van der Waals surface area contributed by atoms with Crippen LogP contribution < -0.4 is 5.32 Å². The van der Waals surface area contributed by atoms with E-state index in [0.29, 0.717) is 11.5 Å². The van der Waals surface area contributed by atoms with E-state index in [4.69, 9.17) is 4.42 Å². The van der Waals surface area contributed by atoms with Gasteiger partial charge in [-0.2, -0.15) is 0 Å². The molecule has 1 heterocycles. The van der Waals surface area contributed by atoms with Crippen molar-refractivity contribution < 1.29 is 4.42 Å². The molecule has 1 rings (SSSR count). The monoisotopic (exact) mass is 209 g/mol. The van der Waals surface area contributed by atoms with E-state index in [2.05, 4.69) is 39.1 Å². The average Bonchev–Trinajstić information content (AvgIpc) is 2.63. The summed E-state index contributed by atoms with van der Waals surface area (Å²) in [5.41, 5.74) is 1.60. The molecule has 2 heteroatoms. The molecule has 1 atom stereocenters. The first kappa shape index (κ1) is 12.3. The summed E-state index contributed by atoms with van der Waals surface area (Å²) in [6.45, 7) is 10.1. The highest BCUT2D eigenvalue weighted by atomic mass is 16.3. The minimum atomic E-state index is 0.336. The van der Waals surface area contributed by atoms with Crippen molar-refractivity contribution in [3.8, 4) is 0 Å². The van der Waals surface area contributed by atoms with Gasteiger partial charge < -0.3 is 9.73 Å². The van der Waals surface area contributed by atoms with Crippen molar-refractivity contribution in [1.82, 2.24) is 5.32 Å². The molecule has 0 aliphatic carbocycles. The second kappa shape index (κ2) is 5.36. The Hall–Kier alpha value is -0.760. The Morgan fingerprint density at radius 2 is 2.13 bits per heavy atom. The van der Waals surface area contributed by atoms with Gasteiger partial charge in [0.25, 0.3) is 0 Å². The van der Waals surface area contributed by atoms with Gasteiger partial charge in [-0.15, -0.1) is 0 Å². The Morgan fingerprint density at radius 3 is 2.60 bits per heavy atom. The number of rotatable bonds is 5. The van der Waals surface area contributed by atoms with E-state index >= 15 is 0 Å². The summed E-state index contributed by atoms with van der Waals surface area (Å²) in [6, 6.07) is 2.47. The van der Waals surface area contributed by atoms with E-state index in [0.717, 1.165) is 13.0 Å². The fourth-order valence-corrected chi connectivity index (χ4v) is 1.71. The van der Waals surface area contributed by atoms with Crippen LogP contribution in [-0.2, 0) is 0 Å². The minimum Gasteiger partial charge on any atom is -0.472 e. The molecule has 1 aromatic rings. The Balaban J connectivity index is 2.62. The summed E-state index contributed by atoms with van der Waals surface area (Å²) >= 11 is 0. The summed E-state index contributed by atoms with van der Waals surface area (Å²) < 4.78 is 5.15. The van der Waals surface area contributed by atoms with Gasteiger partial charge >= 0.3 is 0 Å². The highest BCUT2D eigenvalue weighted by Gasteiger charge is 2.20. The van der Waals surface area contributed by atoms with Gasteiger partial charge in [-0.3, -0.25) is 0 Å². The van der Waals surface area contributed by atoms with Crippen molar-refractivity contribution in [3.63, 3.8) is 0 Å². The zero-order chi connectivity index (χ0) is 11.3. The van der Waals surface area contributed by atoms with Gasteiger partial charge in [0.15, 0.2) is 0 Å². The van der Waals surface area contributed by atoms with E-state index in [1.165, 1.54) is 12.0 Å². The Labute approximate surface area is 93.1 Å². The predicted molar refractivity (Wildman–Crippen MR) is 63.8 cm³/mol. The summed E-state index contributed by atoms with van der Waals surface area (Å²) in [5.74, 6) is 0. The summed E-state index contributed by atoms with van der Waals surface area (Å²) in [6.07, 6.45) is 5.89. The molecule has 0 aliphatic heterocycles. The van der Waals surface area contributed by atoms with Crippen molar-refractivity contribution in [2.24, 2.45) is 5.41 Å². The van der Waals surface area contributed by atoms with Crippen molar-refractivity contribution >= 4 is 0 Å². The Morgan fingerprint density at radius 1 is 1.40 bits per heavy atom. The second-order valence-electron chi connectivity index (χ2n) is 5.33. The summed E-state index contributed by atoms with van der Waals surface area (Å²) in [7, 11) is 0. The zero-order valence-corrected chi connectivity index (χ0v) is 10.3. The van der Waals surface area contributed by atoms with Gasteiger partial charge in [0.2, 0.25) is 0 Å². The lowest BCUT2D eigenvalue weighted by Crippen LogP contribution is -2.26. The number of hydrogen-bond acceptors (Lipinski definition) is 2. The molecule has 86 valence electrons. The maximum Gasteiger partial charge on any atom is 0.0950 e. The smallest absolute Gasteiger partial charge is 0.0950 e. The normalized spacial score (nSPS) is 14.1. The molecular weight excluding hydrogens is 186 g/mol. The summed E-state index contributed by atoms with van der Waals surface area (Å²) in [4.78, 5) is 0. The van der Waals surface area contributed by atoms with Crippen LogP contribution in [0.4, 0.5) is 0 Å². The van der Waals surface area contributed by atoms with Gasteiger partial charge in [0.05, 0.1) is 12.5 Å². The van der Waals surface area contributed by atoms with Gasteiger partial charge in [-0.25, -0.2) is 0 Å². The Kier molecular flexibility index (Phi) is 4.40. The predicted octanol–water partition coefficient (Wildman–Crippen LogP) is 3.76. The number of hydrogen-bond donors (Lipinski definition) is 1. The largest absolute Gasteiger partial charge is 0.472 e. The Bertz CT molecular complexity index is 259. The molecule has 0 aromatic carbocycles. The van der Waals surface area contributed by atoms with Crippen LogP contribution >= 0.6 is 0 Å². The molecule has 0 fully saturated rings. The van der Waals surface area contributed by atoms with Crippen molar-refractivity contribution in [1.29, 1.82) is 0 Å². The molecule has 0 saturated carbocycles. The van der Waals surface area contributed by atoms with Crippen LogP contribution in [0.2, 0.25) is 0 Å². The van der Waals surface area contributed by atoms with Crippen LogP contribution in [0.5, 0.6) is 0 Å². The molecule has 0 amide bonds. The van der Waals surface area contributed by atoms with E-state index in [1.807, 2.05) is 6.26 Å². The minimum absolute atomic E-state index is 0.336. The fourth-order valence-electron chi connectivity index (χ4n) is 1.71. The lowest BCUT2D eigenvalue weighted by molar-refractivity contribution is 0.310. The third-order valence-corrected chi connectivity index (χ3v) is 2.40. The van der Waals surface area contributed by atoms with E-state index in [9.17, 15) is 0 Å². The van der Waals surface area contributed by atoms with Crippen LogP contribution in [0.25, 0.3) is 0 Å². The molecular formula is C13H23NO. The first-order valence-corrected chi connectivity index (χ1v) is 5.78. The van der Waals surface area contributed by atoms with Gasteiger partial charge in [-0.1, -0.05) is 27.7 Å². The lowest BCUT2D eigenvalue weighted by Gasteiger charge is -2.26. The van der Waals surface area contributed by atoms with Gasteiger partial charge in [0, 0.05) is 11.6 Å². The molecule has 1 unspecified atom stereocenters. The first-order chi connectivity index (χ1) is 7.03. The molecule has 1 aromatic heterocycles. The number of furan rings is 1. The molecule has 0 bridgehead atoms. The van der Waals surface area contributed by atoms with Crippen LogP contribution in [0.3, 0.4) is 0 Å². The van der Waals surface area contributed by atoms with Crippen LogP contribution in [0.1, 0.15) is 52.1 Å². The first-order valence-electron chi connectivity index (χ1n) is 5.78. The van der Waals surface area contributed by atoms with Gasteiger partial charge in [0.1, 0.15) is 0 Å². The quantitative estimate of drug-likeness (QED) is 0.798. The molecule has 0 spiro atoms. The van der Waals surface area contributed by atoms with Crippen LogP contribution in [0.15, 0.2) is 23.0 Å². The topological polar surface area (TPSA) is 25.2 Å². The third-order valence-electron chi connectivity index (χ3n) is 2.40. The molecule has 15 heavy (non-hydrogen) atoms. The SMILES string of the molecule is CCCNC(CC(C)(C)C)c1ccoc1. The maximum atomic E-state index is 5.15. The fraction of sp³-hybridized carbons (Fsp3) is 0.692. The molecule has 0 aliphatic rings. The zero-order valence-electron chi connectivity index (χ0n) is 10.3. The maximum absolute atomic E-state index is 5.15. The van der Waals surface area contributed by atoms with Crippen molar-refractivity contribution in [3.05, 3.63) is 24.2 Å². The van der Waals surface area contributed by atoms with E-state index in [-0.39, 0.29) is 0 Å². The second-order valence-corrected chi connectivity index (χ2v) is 5.33.